The molecule has 0 aliphatic carbocycles. The topological polar surface area (TPSA) is 67.8 Å². The lowest BCUT2D eigenvalue weighted by molar-refractivity contribution is -0.130. The lowest BCUT2D eigenvalue weighted by Crippen LogP contribution is -2.45. The molecule has 0 aromatic heterocycles. The molecule has 1 heterocycles. The smallest absolute Gasteiger partial charge is 0.253 e. The van der Waals surface area contributed by atoms with Gasteiger partial charge in [0.25, 0.3) is 5.91 Å². The predicted octanol–water partition coefficient (Wildman–Crippen LogP) is 3.64. The molecule has 1 saturated heterocycles. The van der Waals surface area contributed by atoms with Crippen molar-refractivity contribution >= 4 is 17.5 Å². The molecule has 1 atom stereocenters. The van der Waals surface area contributed by atoms with Gasteiger partial charge >= 0.3 is 0 Å². The fraction of sp³-hybridized carbons (Fsp3) is 0.409. The van der Waals surface area contributed by atoms with Gasteiger partial charge < -0.3 is 19.9 Å². The summed E-state index contributed by atoms with van der Waals surface area (Å²) in [6.07, 6.45) is 0.380. The first-order chi connectivity index (χ1) is 13.5. The molecule has 6 heteroatoms. The molecule has 0 radical (unpaired) electrons. The van der Waals surface area contributed by atoms with E-state index in [4.69, 9.17) is 21.1 Å². The monoisotopic (exact) mass is 403 g/mol. The van der Waals surface area contributed by atoms with E-state index in [1.807, 2.05) is 19.1 Å². The maximum atomic E-state index is 12.5. The highest BCUT2D eigenvalue weighted by atomic mass is 35.5. The lowest BCUT2D eigenvalue weighted by Gasteiger charge is -2.38. The SMILES string of the molecule is CCOc1ccc(C2(CNC(=O)C(O)c3ccc(Cl)cc3)CCOCC2)cc1. The molecular weight excluding hydrogens is 378 g/mol. The first-order valence-corrected chi connectivity index (χ1v) is 9.94. The fourth-order valence-corrected chi connectivity index (χ4v) is 3.68. The van der Waals surface area contributed by atoms with E-state index in [0.29, 0.717) is 37.0 Å². The number of nitrogens with one attached hydrogen (secondary N) is 1. The van der Waals surface area contributed by atoms with E-state index in [1.165, 1.54) is 0 Å². The summed E-state index contributed by atoms with van der Waals surface area (Å²) in [6.45, 7) is 4.30. The van der Waals surface area contributed by atoms with Crippen LogP contribution < -0.4 is 10.1 Å². The Balaban J connectivity index is 1.71. The maximum absolute atomic E-state index is 12.5. The maximum Gasteiger partial charge on any atom is 0.253 e. The highest BCUT2D eigenvalue weighted by molar-refractivity contribution is 6.30. The van der Waals surface area contributed by atoms with Crippen molar-refractivity contribution in [3.05, 3.63) is 64.7 Å². The van der Waals surface area contributed by atoms with Gasteiger partial charge in [-0.15, -0.1) is 0 Å². The van der Waals surface area contributed by atoms with Gasteiger partial charge in [-0.1, -0.05) is 35.9 Å². The number of aliphatic hydroxyl groups is 1. The first kappa shape index (κ1) is 20.6. The second kappa shape index (κ2) is 9.41. The summed E-state index contributed by atoms with van der Waals surface area (Å²) in [7, 11) is 0. The molecule has 1 fully saturated rings. The van der Waals surface area contributed by atoms with E-state index in [2.05, 4.69) is 17.4 Å². The van der Waals surface area contributed by atoms with Gasteiger partial charge in [0.15, 0.2) is 6.10 Å². The molecule has 2 N–H and O–H groups in total. The minimum absolute atomic E-state index is 0.224. The zero-order valence-corrected chi connectivity index (χ0v) is 16.7. The van der Waals surface area contributed by atoms with Gasteiger partial charge in [-0.05, 0) is 55.2 Å². The third-order valence-electron chi connectivity index (χ3n) is 5.26. The number of ether oxygens (including phenoxy) is 2. The van der Waals surface area contributed by atoms with Crippen molar-refractivity contribution in [2.75, 3.05) is 26.4 Å². The molecular formula is C22H26ClNO4. The van der Waals surface area contributed by atoms with Crippen LogP contribution in [0.3, 0.4) is 0 Å². The minimum Gasteiger partial charge on any atom is -0.494 e. The molecule has 2 aromatic carbocycles. The summed E-state index contributed by atoms with van der Waals surface area (Å²) in [5, 5.41) is 13.9. The molecule has 0 spiro atoms. The molecule has 150 valence electrons. The number of carbonyl (C=O) groups excluding carboxylic acids is 1. The minimum atomic E-state index is -1.23. The first-order valence-electron chi connectivity index (χ1n) is 9.56. The van der Waals surface area contributed by atoms with Crippen LogP contribution in [0.4, 0.5) is 0 Å². The number of aliphatic hydroxyl groups excluding tert-OH is 1. The van der Waals surface area contributed by atoms with Gasteiger partial charge in [0, 0.05) is 30.2 Å². The number of benzene rings is 2. The zero-order valence-electron chi connectivity index (χ0n) is 16.0. The Morgan fingerprint density at radius 2 is 1.82 bits per heavy atom. The Morgan fingerprint density at radius 3 is 2.43 bits per heavy atom. The van der Waals surface area contributed by atoms with Gasteiger partial charge in [-0.25, -0.2) is 0 Å². The summed E-state index contributed by atoms with van der Waals surface area (Å²) < 4.78 is 11.1. The van der Waals surface area contributed by atoms with Crippen LogP contribution in [0.25, 0.3) is 0 Å². The van der Waals surface area contributed by atoms with Crippen molar-refractivity contribution in [3.63, 3.8) is 0 Å². The molecule has 1 unspecified atom stereocenters. The average molecular weight is 404 g/mol. The normalized spacial score (nSPS) is 17.0. The summed E-state index contributed by atoms with van der Waals surface area (Å²) in [6, 6.07) is 14.7. The van der Waals surface area contributed by atoms with Crippen LogP contribution in [0, 0.1) is 0 Å². The highest BCUT2D eigenvalue weighted by Gasteiger charge is 2.35. The summed E-state index contributed by atoms with van der Waals surface area (Å²) in [4.78, 5) is 12.5. The molecule has 28 heavy (non-hydrogen) atoms. The van der Waals surface area contributed by atoms with Gasteiger partial charge in [0.05, 0.1) is 6.61 Å². The van der Waals surface area contributed by atoms with Crippen LogP contribution in [-0.4, -0.2) is 37.4 Å². The predicted molar refractivity (Wildman–Crippen MR) is 109 cm³/mol. The Kier molecular flexibility index (Phi) is 6.94. The number of halogens is 1. The molecule has 0 saturated carbocycles. The molecule has 1 aliphatic heterocycles. The molecule has 1 amide bonds. The van der Waals surface area contributed by atoms with Gasteiger partial charge in [-0.2, -0.15) is 0 Å². The number of rotatable bonds is 7. The quantitative estimate of drug-likeness (QED) is 0.740. The van der Waals surface area contributed by atoms with E-state index in [1.54, 1.807) is 24.3 Å². The Labute approximate surface area is 170 Å². The lowest BCUT2D eigenvalue weighted by atomic mass is 9.74. The van der Waals surface area contributed by atoms with Gasteiger partial charge in [0.1, 0.15) is 5.75 Å². The molecule has 0 bridgehead atoms. The van der Waals surface area contributed by atoms with Crippen molar-refractivity contribution in [1.29, 1.82) is 0 Å². The number of hydrogen-bond donors (Lipinski definition) is 2. The van der Waals surface area contributed by atoms with Crippen LogP contribution in [0.1, 0.15) is 37.0 Å². The van der Waals surface area contributed by atoms with Crippen LogP contribution in [0.15, 0.2) is 48.5 Å². The van der Waals surface area contributed by atoms with Crippen molar-refractivity contribution in [2.45, 2.75) is 31.3 Å². The Bertz CT molecular complexity index is 770. The van der Waals surface area contributed by atoms with Gasteiger partial charge in [0.2, 0.25) is 0 Å². The Hall–Kier alpha value is -2.08. The molecule has 3 rings (SSSR count). The molecule has 1 aliphatic rings. The number of carbonyl (C=O) groups is 1. The highest BCUT2D eigenvalue weighted by Crippen LogP contribution is 2.35. The second-order valence-corrected chi connectivity index (χ2v) is 7.46. The zero-order chi connectivity index (χ0) is 20.0. The van der Waals surface area contributed by atoms with Gasteiger partial charge in [-0.3, -0.25) is 4.79 Å². The van der Waals surface area contributed by atoms with Crippen LogP contribution in [0.2, 0.25) is 5.02 Å². The van der Waals surface area contributed by atoms with E-state index in [0.717, 1.165) is 24.2 Å². The average Bonchev–Trinajstić information content (AvgIpc) is 2.73. The summed E-state index contributed by atoms with van der Waals surface area (Å²) in [5.74, 6) is 0.412. The third-order valence-corrected chi connectivity index (χ3v) is 5.51. The third kappa shape index (κ3) is 4.85. The van der Waals surface area contributed by atoms with E-state index < -0.39 is 12.0 Å². The number of amides is 1. The molecule has 2 aromatic rings. The van der Waals surface area contributed by atoms with Crippen molar-refractivity contribution < 1.29 is 19.4 Å². The van der Waals surface area contributed by atoms with E-state index >= 15 is 0 Å². The van der Waals surface area contributed by atoms with Crippen LogP contribution in [-0.2, 0) is 14.9 Å². The Morgan fingerprint density at radius 1 is 1.18 bits per heavy atom. The van der Waals surface area contributed by atoms with Crippen molar-refractivity contribution in [1.82, 2.24) is 5.32 Å². The fourth-order valence-electron chi connectivity index (χ4n) is 3.55. The van der Waals surface area contributed by atoms with E-state index in [9.17, 15) is 9.90 Å². The van der Waals surface area contributed by atoms with Crippen LogP contribution >= 0.6 is 11.6 Å². The largest absolute Gasteiger partial charge is 0.494 e. The van der Waals surface area contributed by atoms with Crippen molar-refractivity contribution in [3.8, 4) is 5.75 Å². The van der Waals surface area contributed by atoms with Crippen molar-refractivity contribution in [2.24, 2.45) is 0 Å². The standard InChI is InChI=1S/C22H26ClNO4/c1-2-28-19-9-5-17(6-10-19)22(11-13-27-14-12-22)15-24-21(26)20(25)16-3-7-18(23)8-4-16/h3-10,20,25H,2,11-15H2,1H3,(H,24,26). The number of hydrogen-bond acceptors (Lipinski definition) is 4. The van der Waals surface area contributed by atoms with E-state index in [-0.39, 0.29) is 5.41 Å². The summed E-state index contributed by atoms with van der Waals surface area (Å²) >= 11 is 5.87. The second-order valence-electron chi connectivity index (χ2n) is 7.02. The molecule has 5 nitrogen and oxygen atoms in total. The summed E-state index contributed by atoms with van der Waals surface area (Å²) in [5.41, 5.74) is 1.43. The van der Waals surface area contributed by atoms with Crippen LogP contribution in [0.5, 0.6) is 5.75 Å².